The summed E-state index contributed by atoms with van der Waals surface area (Å²) in [6, 6.07) is 21.1. The minimum Gasteiger partial charge on any atom is -0.423 e. The summed E-state index contributed by atoms with van der Waals surface area (Å²) in [4.78, 5) is 12.0. The monoisotopic (exact) mass is 453 g/mol. The summed E-state index contributed by atoms with van der Waals surface area (Å²) in [5.41, 5.74) is 2.65. The molecule has 0 aliphatic heterocycles. The summed E-state index contributed by atoms with van der Waals surface area (Å²) in [6.45, 7) is 0. The minimum absolute atomic E-state index is 0.380. The van der Waals surface area contributed by atoms with Gasteiger partial charge in [-0.15, -0.1) is 0 Å². The van der Waals surface area contributed by atoms with E-state index >= 15 is 0 Å². The number of ether oxygens (including phenoxy) is 1. The highest BCUT2D eigenvalue weighted by Gasteiger charge is 2.05. The molecule has 3 rings (SSSR count). The van der Waals surface area contributed by atoms with Crippen molar-refractivity contribution in [1.29, 1.82) is 5.26 Å². The van der Waals surface area contributed by atoms with Crippen LogP contribution in [0.5, 0.6) is 5.75 Å². The first-order valence-electron chi connectivity index (χ1n) is 8.77. The molecule has 6 heteroatoms. The molecule has 0 spiro atoms. The fraction of sp³-hybridized carbons (Fsp3) is 0. The lowest BCUT2D eigenvalue weighted by molar-refractivity contribution is -0.128. The molecule has 3 aromatic rings. The van der Waals surface area contributed by atoms with Gasteiger partial charge in [-0.3, -0.25) is 0 Å². The maximum atomic E-state index is 12.0. The summed E-state index contributed by atoms with van der Waals surface area (Å²) in [6.07, 6.45) is 4.58. The lowest BCUT2D eigenvalue weighted by Crippen LogP contribution is -2.03. The van der Waals surface area contributed by atoms with Crippen LogP contribution >= 0.6 is 34.8 Å². The summed E-state index contributed by atoms with van der Waals surface area (Å²) in [5, 5.41) is 11.0. The minimum atomic E-state index is -0.541. The van der Waals surface area contributed by atoms with Crippen molar-refractivity contribution in [2.24, 2.45) is 0 Å². The Labute approximate surface area is 189 Å². The molecule has 0 atom stereocenters. The van der Waals surface area contributed by atoms with Gasteiger partial charge in [0.15, 0.2) is 0 Å². The molecule has 0 saturated carbocycles. The van der Waals surface area contributed by atoms with E-state index in [-0.39, 0.29) is 0 Å². The van der Waals surface area contributed by atoms with E-state index in [1.807, 2.05) is 6.07 Å². The average molecular weight is 455 g/mol. The second-order valence-corrected chi connectivity index (χ2v) is 7.45. The predicted octanol–water partition coefficient (Wildman–Crippen LogP) is 7.33. The zero-order valence-corrected chi connectivity index (χ0v) is 17.7. The first-order chi connectivity index (χ1) is 14.4. The van der Waals surface area contributed by atoms with Crippen molar-refractivity contribution < 1.29 is 9.53 Å². The maximum absolute atomic E-state index is 12.0. The Kier molecular flexibility index (Phi) is 7.32. The highest BCUT2D eigenvalue weighted by molar-refractivity contribution is 6.35. The molecule has 0 fully saturated rings. The zero-order valence-electron chi connectivity index (χ0n) is 15.5. The van der Waals surface area contributed by atoms with E-state index in [0.29, 0.717) is 32.0 Å². The van der Waals surface area contributed by atoms with Gasteiger partial charge >= 0.3 is 5.97 Å². The van der Waals surface area contributed by atoms with E-state index in [9.17, 15) is 10.1 Å². The quantitative estimate of drug-likeness (QED) is 0.133. The Bertz CT molecular complexity index is 1180. The molecule has 0 heterocycles. The van der Waals surface area contributed by atoms with Crippen LogP contribution in [-0.4, -0.2) is 5.97 Å². The fourth-order valence-corrected chi connectivity index (χ4v) is 3.24. The molecule has 0 aromatic heterocycles. The molecule has 0 amide bonds. The van der Waals surface area contributed by atoms with Crippen molar-refractivity contribution in [3.05, 3.63) is 105 Å². The van der Waals surface area contributed by atoms with Gasteiger partial charge in [0.1, 0.15) is 5.75 Å². The average Bonchev–Trinajstić information content (AvgIpc) is 2.72. The SMILES string of the molecule is N#C/C(=C/c1ccc(OC(=O)/C=C/c2ccc(Cl)cc2Cl)cc1)c1cccc(Cl)c1. The Balaban J connectivity index is 1.68. The second-order valence-electron chi connectivity index (χ2n) is 6.17. The van der Waals surface area contributed by atoms with Gasteiger partial charge in [0.05, 0.1) is 11.6 Å². The van der Waals surface area contributed by atoms with Gasteiger partial charge in [-0.05, 0) is 65.2 Å². The van der Waals surface area contributed by atoms with E-state index < -0.39 is 5.97 Å². The van der Waals surface area contributed by atoms with E-state index in [0.717, 1.165) is 11.1 Å². The van der Waals surface area contributed by atoms with Gasteiger partial charge in [0, 0.05) is 21.1 Å². The van der Waals surface area contributed by atoms with Crippen molar-refractivity contribution in [3.63, 3.8) is 0 Å². The van der Waals surface area contributed by atoms with Gasteiger partial charge in [0.2, 0.25) is 0 Å². The van der Waals surface area contributed by atoms with Crippen LogP contribution in [0.4, 0.5) is 0 Å². The number of nitriles is 1. The number of hydrogen-bond donors (Lipinski definition) is 0. The summed E-state index contributed by atoms with van der Waals surface area (Å²) >= 11 is 17.9. The molecule has 3 nitrogen and oxygen atoms in total. The van der Waals surface area contributed by atoms with Gasteiger partial charge in [-0.25, -0.2) is 4.79 Å². The van der Waals surface area contributed by atoms with Gasteiger partial charge in [0.25, 0.3) is 0 Å². The fourth-order valence-electron chi connectivity index (χ4n) is 2.58. The molecular weight excluding hydrogens is 441 g/mol. The third kappa shape index (κ3) is 5.98. The molecule has 0 saturated heterocycles. The van der Waals surface area contributed by atoms with Crippen LogP contribution in [-0.2, 0) is 4.79 Å². The lowest BCUT2D eigenvalue weighted by atomic mass is 10.0. The maximum Gasteiger partial charge on any atom is 0.336 e. The van der Waals surface area contributed by atoms with Crippen molar-refractivity contribution in [3.8, 4) is 11.8 Å². The van der Waals surface area contributed by atoms with Crippen LogP contribution in [0.2, 0.25) is 15.1 Å². The van der Waals surface area contributed by atoms with Crippen LogP contribution in [0, 0.1) is 11.3 Å². The van der Waals surface area contributed by atoms with Crippen molar-refractivity contribution in [2.45, 2.75) is 0 Å². The third-order valence-corrected chi connectivity index (χ3v) is 4.82. The van der Waals surface area contributed by atoms with Crippen molar-refractivity contribution in [2.75, 3.05) is 0 Å². The molecule has 0 radical (unpaired) electrons. The largest absolute Gasteiger partial charge is 0.423 e. The smallest absolute Gasteiger partial charge is 0.336 e. The molecule has 0 aliphatic carbocycles. The highest BCUT2D eigenvalue weighted by atomic mass is 35.5. The van der Waals surface area contributed by atoms with E-state index in [1.54, 1.807) is 72.8 Å². The molecule has 0 N–H and O–H groups in total. The predicted molar refractivity (Wildman–Crippen MR) is 123 cm³/mol. The van der Waals surface area contributed by atoms with Crippen LogP contribution in [0.1, 0.15) is 16.7 Å². The zero-order chi connectivity index (χ0) is 21.5. The number of esters is 1. The molecular formula is C24H14Cl3NO2. The number of hydrogen-bond acceptors (Lipinski definition) is 3. The van der Waals surface area contributed by atoms with E-state index in [1.165, 1.54) is 6.08 Å². The van der Waals surface area contributed by atoms with Crippen LogP contribution < -0.4 is 4.74 Å². The summed E-state index contributed by atoms with van der Waals surface area (Å²) in [7, 11) is 0. The molecule has 148 valence electrons. The van der Waals surface area contributed by atoms with Crippen LogP contribution in [0.15, 0.2) is 72.8 Å². The second kappa shape index (κ2) is 10.1. The van der Waals surface area contributed by atoms with Gasteiger partial charge < -0.3 is 4.74 Å². The van der Waals surface area contributed by atoms with Crippen molar-refractivity contribution in [1.82, 2.24) is 0 Å². The Morgan fingerprint density at radius 1 is 0.933 bits per heavy atom. The molecule has 0 aliphatic rings. The number of nitrogens with zero attached hydrogens (tertiary/aromatic N) is 1. The molecule has 3 aromatic carbocycles. The Hall–Kier alpha value is -3.03. The standard InChI is InChI=1S/C24H14Cl3NO2/c25-20-3-1-2-18(13-20)19(15-28)12-16-4-9-22(10-5-16)30-24(29)11-7-17-6-8-21(26)14-23(17)27/h1-14H/b11-7+,19-12-. The third-order valence-electron chi connectivity index (χ3n) is 4.03. The van der Waals surface area contributed by atoms with Crippen molar-refractivity contribution >= 4 is 58.5 Å². The summed E-state index contributed by atoms with van der Waals surface area (Å²) in [5.74, 6) is -0.161. The normalized spacial score (nSPS) is 11.3. The number of allylic oxidation sites excluding steroid dienone is 1. The number of rotatable bonds is 5. The lowest BCUT2D eigenvalue weighted by Gasteiger charge is -2.04. The summed E-state index contributed by atoms with van der Waals surface area (Å²) < 4.78 is 5.29. The van der Waals surface area contributed by atoms with Crippen LogP contribution in [0.3, 0.4) is 0 Å². The number of benzene rings is 3. The highest BCUT2D eigenvalue weighted by Crippen LogP contribution is 2.23. The molecule has 0 bridgehead atoms. The van der Waals surface area contributed by atoms with Crippen LogP contribution in [0.25, 0.3) is 17.7 Å². The number of halogens is 3. The van der Waals surface area contributed by atoms with Gasteiger partial charge in [-0.2, -0.15) is 5.26 Å². The first-order valence-corrected chi connectivity index (χ1v) is 9.91. The number of carbonyl (C=O) groups is 1. The Morgan fingerprint density at radius 2 is 1.67 bits per heavy atom. The molecule has 0 unspecified atom stereocenters. The van der Waals surface area contributed by atoms with E-state index in [4.69, 9.17) is 39.5 Å². The Morgan fingerprint density at radius 3 is 2.33 bits per heavy atom. The molecule has 30 heavy (non-hydrogen) atoms. The number of carbonyl (C=O) groups excluding carboxylic acids is 1. The van der Waals surface area contributed by atoms with Gasteiger partial charge in [-0.1, -0.05) is 65.1 Å². The van der Waals surface area contributed by atoms with E-state index in [2.05, 4.69) is 6.07 Å². The first kappa shape index (κ1) is 21.7. The topological polar surface area (TPSA) is 50.1 Å².